The van der Waals surface area contributed by atoms with Crippen LogP contribution in [0.2, 0.25) is 0 Å². The van der Waals surface area contributed by atoms with Gasteiger partial charge in [-0.3, -0.25) is 0 Å². The minimum Gasteiger partial charge on any atom is -0.504 e. The van der Waals surface area contributed by atoms with Gasteiger partial charge in [0.2, 0.25) is 0 Å². The molecule has 0 spiro atoms. The zero-order valence-electron chi connectivity index (χ0n) is 12.7. The zero-order valence-corrected chi connectivity index (χ0v) is 13.5. The van der Waals surface area contributed by atoms with Crippen molar-refractivity contribution in [2.75, 3.05) is 7.11 Å². The third kappa shape index (κ3) is 4.63. The van der Waals surface area contributed by atoms with Gasteiger partial charge in [-0.1, -0.05) is 36.4 Å². The quantitative estimate of drug-likeness (QED) is 0.764. The lowest BCUT2D eigenvalue weighted by molar-refractivity contribution is 0.135. The molecule has 0 radical (unpaired) electrons. The number of rotatable bonds is 6. The Hall–Kier alpha value is -1.75. The van der Waals surface area contributed by atoms with Crippen molar-refractivity contribution in [3.63, 3.8) is 0 Å². The smallest absolute Gasteiger partial charge is 0.160 e. The van der Waals surface area contributed by atoms with E-state index in [0.29, 0.717) is 12.3 Å². The van der Waals surface area contributed by atoms with E-state index in [4.69, 9.17) is 4.74 Å². The third-order valence-electron chi connectivity index (χ3n) is 3.49. The minimum absolute atomic E-state index is 0. The molecule has 2 aromatic rings. The predicted octanol–water partition coefficient (Wildman–Crippen LogP) is 3.03. The Morgan fingerprint density at radius 1 is 1.14 bits per heavy atom. The molecule has 0 aliphatic rings. The van der Waals surface area contributed by atoms with Gasteiger partial charge in [0.05, 0.1) is 13.2 Å². The number of aromatic hydroxyl groups is 1. The van der Waals surface area contributed by atoms with Gasteiger partial charge in [-0.15, -0.1) is 12.4 Å². The van der Waals surface area contributed by atoms with E-state index in [1.807, 2.05) is 43.3 Å². The number of hydrogen-bond donors (Lipinski definition) is 3. The lowest BCUT2D eigenvalue weighted by Gasteiger charge is -2.21. The van der Waals surface area contributed by atoms with Crippen LogP contribution in [-0.4, -0.2) is 23.4 Å². The summed E-state index contributed by atoms with van der Waals surface area (Å²) >= 11 is 0. The topological polar surface area (TPSA) is 61.7 Å². The number of phenolic OH excluding ortho intramolecular Hbond substituents is 1. The van der Waals surface area contributed by atoms with E-state index in [-0.39, 0.29) is 24.2 Å². The average molecular weight is 324 g/mol. The van der Waals surface area contributed by atoms with Crippen LogP contribution >= 0.6 is 12.4 Å². The SMILES string of the molecule is COc1cc(CNC(C)C(O)c2ccccc2)ccc1O.Cl. The summed E-state index contributed by atoms with van der Waals surface area (Å²) in [5.74, 6) is 0.573. The van der Waals surface area contributed by atoms with Gasteiger partial charge in [-0.05, 0) is 30.2 Å². The first-order valence-electron chi connectivity index (χ1n) is 6.94. The van der Waals surface area contributed by atoms with E-state index in [2.05, 4.69) is 5.32 Å². The van der Waals surface area contributed by atoms with E-state index in [1.165, 1.54) is 7.11 Å². The number of aliphatic hydroxyl groups excluding tert-OH is 1. The fourth-order valence-electron chi connectivity index (χ4n) is 2.16. The van der Waals surface area contributed by atoms with Crippen LogP contribution in [0.25, 0.3) is 0 Å². The van der Waals surface area contributed by atoms with Crippen LogP contribution in [0, 0.1) is 0 Å². The molecule has 0 bridgehead atoms. The molecule has 2 unspecified atom stereocenters. The van der Waals surface area contributed by atoms with E-state index < -0.39 is 6.10 Å². The van der Waals surface area contributed by atoms with Crippen LogP contribution in [-0.2, 0) is 6.54 Å². The standard InChI is InChI=1S/C17H21NO3.ClH/c1-12(17(20)14-6-4-3-5-7-14)18-11-13-8-9-15(19)16(10-13)21-2;/h3-10,12,17-20H,11H2,1-2H3;1H. The lowest BCUT2D eigenvalue weighted by atomic mass is 10.0. The van der Waals surface area contributed by atoms with E-state index >= 15 is 0 Å². The predicted molar refractivity (Wildman–Crippen MR) is 89.6 cm³/mol. The number of phenols is 1. The summed E-state index contributed by atoms with van der Waals surface area (Å²) in [6, 6.07) is 14.7. The van der Waals surface area contributed by atoms with Crippen molar-refractivity contribution < 1.29 is 14.9 Å². The van der Waals surface area contributed by atoms with Gasteiger partial charge in [0, 0.05) is 12.6 Å². The van der Waals surface area contributed by atoms with Crippen molar-refractivity contribution in [1.82, 2.24) is 5.32 Å². The second kappa shape index (κ2) is 8.63. The summed E-state index contributed by atoms with van der Waals surface area (Å²) in [5.41, 5.74) is 1.87. The number of aliphatic hydroxyl groups is 1. The van der Waals surface area contributed by atoms with Gasteiger partial charge in [-0.2, -0.15) is 0 Å². The molecule has 2 aromatic carbocycles. The number of nitrogens with one attached hydrogen (secondary N) is 1. The van der Waals surface area contributed by atoms with Crippen LogP contribution in [0.15, 0.2) is 48.5 Å². The molecule has 22 heavy (non-hydrogen) atoms. The molecule has 0 saturated heterocycles. The number of benzene rings is 2. The Morgan fingerprint density at radius 2 is 1.82 bits per heavy atom. The van der Waals surface area contributed by atoms with Crippen molar-refractivity contribution in [1.29, 1.82) is 0 Å². The van der Waals surface area contributed by atoms with Gasteiger partial charge >= 0.3 is 0 Å². The highest BCUT2D eigenvalue weighted by Crippen LogP contribution is 2.26. The Labute approximate surface area is 137 Å². The first-order valence-corrected chi connectivity index (χ1v) is 6.94. The van der Waals surface area contributed by atoms with Crippen LogP contribution < -0.4 is 10.1 Å². The molecular weight excluding hydrogens is 302 g/mol. The summed E-state index contributed by atoms with van der Waals surface area (Å²) in [7, 11) is 1.52. The maximum absolute atomic E-state index is 10.3. The molecule has 0 amide bonds. The Kier molecular flexibility index (Phi) is 7.18. The molecule has 2 atom stereocenters. The van der Waals surface area contributed by atoms with Crippen LogP contribution in [0.4, 0.5) is 0 Å². The van der Waals surface area contributed by atoms with Gasteiger partial charge in [-0.25, -0.2) is 0 Å². The molecule has 0 aliphatic heterocycles. The highest BCUT2D eigenvalue weighted by Gasteiger charge is 2.15. The normalized spacial score (nSPS) is 13.0. The number of hydrogen-bond acceptors (Lipinski definition) is 4. The maximum Gasteiger partial charge on any atom is 0.160 e. The van der Waals surface area contributed by atoms with Crippen LogP contribution in [0.5, 0.6) is 11.5 Å². The van der Waals surface area contributed by atoms with E-state index in [0.717, 1.165) is 11.1 Å². The molecule has 5 heteroatoms. The van der Waals surface area contributed by atoms with Crippen molar-refractivity contribution in [3.05, 3.63) is 59.7 Å². The molecule has 3 N–H and O–H groups in total. The second-order valence-electron chi connectivity index (χ2n) is 5.03. The van der Waals surface area contributed by atoms with Crippen molar-refractivity contribution in [2.24, 2.45) is 0 Å². The Morgan fingerprint density at radius 3 is 2.45 bits per heavy atom. The van der Waals surface area contributed by atoms with Crippen molar-refractivity contribution in [3.8, 4) is 11.5 Å². The van der Waals surface area contributed by atoms with Gasteiger partial charge in [0.25, 0.3) is 0 Å². The molecule has 0 heterocycles. The van der Waals surface area contributed by atoms with Crippen LogP contribution in [0.3, 0.4) is 0 Å². The highest BCUT2D eigenvalue weighted by atomic mass is 35.5. The molecule has 0 aliphatic carbocycles. The summed E-state index contributed by atoms with van der Waals surface area (Å²) in [4.78, 5) is 0. The van der Waals surface area contributed by atoms with Crippen LogP contribution in [0.1, 0.15) is 24.2 Å². The summed E-state index contributed by atoms with van der Waals surface area (Å²) in [6.45, 7) is 2.52. The largest absolute Gasteiger partial charge is 0.504 e. The zero-order chi connectivity index (χ0) is 15.2. The summed E-state index contributed by atoms with van der Waals surface area (Å²) in [6.07, 6.45) is -0.565. The Bertz CT molecular complexity index is 577. The monoisotopic (exact) mass is 323 g/mol. The number of methoxy groups -OCH3 is 1. The molecule has 0 aromatic heterocycles. The molecule has 0 saturated carbocycles. The fourth-order valence-corrected chi connectivity index (χ4v) is 2.16. The molecule has 0 fully saturated rings. The van der Waals surface area contributed by atoms with Crippen molar-refractivity contribution in [2.45, 2.75) is 25.6 Å². The maximum atomic E-state index is 10.3. The fraction of sp³-hybridized carbons (Fsp3) is 0.294. The van der Waals surface area contributed by atoms with E-state index in [1.54, 1.807) is 12.1 Å². The number of ether oxygens (including phenoxy) is 1. The summed E-state index contributed by atoms with van der Waals surface area (Å²) in [5, 5.41) is 23.1. The lowest BCUT2D eigenvalue weighted by Crippen LogP contribution is -2.31. The molecule has 2 rings (SSSR count). The molecular formula is C17H22ClNO3. The van der Waals surface area contributed by atoms with Gasteiger partial charge < -0.3 is 20.3 Å². The molecule has 120 valence electrons. The van der Waals surface area contributed by atoms with Crippen molar-refractivity contribution >= 4 is 12.4 Å². The Balaban J connectivity index is 0.00000242. The second-order valence-corrected chi connectivity index (χ2v) is 5.03. The average Bonchev–Trinajstić information content (AvgIpc) is 2.53. The first-order chi connectivity index (χ1) is 10.1. The van der Waals surface area contributed by atoms with Gasteiger partial charge in [0.1, 0.15) is 0 Å². The highest BCUT2D eigenvalue weighted by molar-refractivity contribution is 5.85. The van der Waals surface area contributed by atoms with Gasteiger partial charge in [0.15, 0.2) is 11.5 Å². The number of halogens is 1. The van der Waals surface area contributed by atoms with E-state index in [9.17, 15) is 10.2 Å². The molecule has 4 nitrogen and oxygen atoms in total. The summed E-state index contributed by atoms with van der Waals surface area (Å²) < 4.78 is 5.08. The first kappa shape index (κ1) is 18.3. The third-order valence-corrected chi connectivity index (χ3v) is 3.49. The minimum atomic E-state index is -0.565.